The second-order valence-corrected chi connectivity index (χ2v) is 17.2. The molecule has 4 rings (SSSR count). The number of anilines is 1. The van der Waals surface area contributed by atoms with Gasteiger partial charge in [-0.15, -0.1) is 0 Å². The zero-order valence-electron chi connectivity index (χ0n) is 20.3. The topological polar surface area (TPSA) is 46.6 Å². The summed E-state index contributed by atoms with van der Waals surface area (Å²) < 4.78 is 105. The van der Waals surface area contributed by atoms with Gasteiger partial charge in [0.2, 0.25) is 8.32 Å². The number of rotatable bonds is 5. The lowest BCUT2D eigenvalue weighted by atomic mass is 9.79. The number of hydrogen-bond donors (Lipinski definition) is 0. The fraction of sp³-hybridized carbons (Fsp3) is 0.417. The van der Waals surface area contributed by atoms with E-state index in [2.05, 4.69) is 0 Å². The number of sulfonamides is 1. The van der Waals surface area contributed by atoms with Crippen molar-refractivity contribution in [2.75, 3.05) is 4.31 Å². The van der Waals surface area contributed by atoms with Crippen LogP contribution in [0.2, 0.25) is 29.7 Å². The second-order valence-electron chi connectivity index (χ2n) is 10.2. The van der Waals surface area contributed by atoms with Crippen LogP contribution in [0, 0.1) is 12.8 Å². The minimum atomic E-state index is -5.86. The average Bonchev–Trinajstić information content (AvgIpc) is 3.07. The molecule has 0 saturated heterocycles. The van der Waals surface area contributed by atoms with Crippen LogP contribution in [0.3, 0.4) is 0 Å². The summed E-state index contributed by atoms with van der Waals surface area (Å²) in [6.07, 6.45) is -6.61. The van der Waals surface area contributed by atoms with Gasteiger partial charge in [0.25, 0.3) is 10.0 Å². The molecule has 2 atom stereocenters. The number of halogens is 7. The van der Waals surface area contributed by atoms with Gasteiger partial charge in [-0.3, -0.25) is 0 Å². The number of benzene rings is 2. The van der Waals surface area contributed by atoms with Crippen LogP contribution >= 0.6 is 23.2 Å². The molecule has 0 aromatic heterocycles. The number of fused-ring (bicyclic) bond motifs is 3. The van der Waals surface area contributed by atoms with Crippen molar-refractivity contribution in [3.8, 4) is 0 Å². The third-order valence-electron chi connectivity index (χ3n) is 6.32. The van der Waals surface area contributed by atoms with Gasteiger partial charge in [0, 0.05) is 5.92 Å². The van der Waals surface area contributed by atoms with E-state index in [1.807, 2.05) is 0 Å². The molecule has 1 aliphatic carbocycles. The van der Waals surface area contributed by atoms with Gasteiger partial charge in [-0.05, 0) is 69.2 Å². The molecule has 0 N–H and O–H groups in total. The molecule has 2 unspecified atom stereocenters. The van der Waals surface area contributed by atoms with Crippen molar-refractivity contribution in [2.24, 2.45) is 5.92 Å². The Bertz CT molecular complexity index is 1370. The van der Waals surface area contributed by atoms with Crippen LogP contribution in [0.15, 0.2) is 52.7 Å². The molecular weight excluding hydrogens is 576 g/mol. The van der Waals surface area contributed by atoms with E-state index < -0.39 is 54.5 Å². The molecule has 0 amide bonds. The summed E-state index contributed by atoms with van der Waals surface area (Å²) in [6.45, 7) is 6.64. The van der Waals surface area contributed by atoms with Crippen LogP contribution in [0.5, 0.6) is 0 Å². The van der Waals surface area contributed by atoms with E-state index in [-0.39, 0.29) is 32.7 Å². The average molecular weight is 601 g/mol. The van der Waals surface area contributed by atoms with E-state index in [1.165, 1.54) is 24.3 Å². The van der Waals surface area contributed by atoms with Crippen molar-refractivity contribution in [3.05, 3.63) is 69.0 Å². The van der Waals surface area contributed by atoms with E-state index in [0.717, 1.165) is 9.87 Å². The predicted octanol–water partition coefficient (Wildman–Crippen LogP) is 8.27. The Kier molecular flexibility index (Phi) is 6.96. The lowest BCUT2D eigenvalue weighted by Gasteiger charge is -2.40. The van der Waals surface area contributed by atoms with Gasteiger partial charge in [0.1, 0.15) is 5.76 Å². The van der Waals surface area contributed by atoms with Gasteiger partial charge < -0.3 is 4.43 Å². The second kappa shape index (κ2) is 9.13. The smallest absolute Gasteiger partial charge is 0.454 e. The predicted molar refractivity (Wildman–Crippen MR) is 135 cm³/mol. The maximum atomic E-state index is 14.9. The molecule has 0 radical (unpaired) electrons. The highest BCUT2D eigenvalue weighted by atomic mass is 35.5. The van der Waals surface area contributed by atoms with Crippen molar-refractivity contribution in [2.45, 2.75) is 62.3 Å². The zero-order valence-corrected chi connectivity index (χ0v) is 23.6. The van der Waals surface area contributed by atoms with E-state index in [0.29, 0.717) is 5.56 Å². The maximum absolute atomic E-state index is 14.9. The van der Waals surface area contributed by atoms with Crippen molar-refractivity contribution in [1.29, 1.82) is 0 Å². The number of alkyl halides is 5. The number of hydrogen-bond acceptors (Lipinski definition) is 3. The van der Waals surface area contributed by atoms with Crippen LogP contribution in [0.4, 0.5) is 27.6 Å². The molecule has 4 nitrogen and oxygen atoms in total. The van der Waals surface area contributed by atoms with Gasteiger partial charge in [0.05, 0.1) is 32.2 Å². The van der Waals surface area contributed by atoms with Gasteiger partial charge >= 0.3 is 12.1 Å². The van der Waals surface area contributed by atoms with E-state index >= 15 is 0 Å². The minimum absolute atomic E-state index is 0.00797. The Morgan fingerprint density at radius 1 is 0.973 bits per heavy atom. The summed E-state index contributed by atoms with van der Waals surface area (Å²) in [5.41, 5.74) is 0.933. The van der Waals surface area contributed by atoms with Crippen LogP contribution in [-0.2, 0) is 14.4 Å². The van der Waals surface area contributed by atoms with Crippen molar-refractivity contribution < 1.29 is 34.8 Å². The Morgan fingerprint density at radius 3 is 2.08 bits per heavy atom. The molecule has 0 saturated carbocycles. The molecular formula is C24H24Cl2F5NO3SSi. The van der Waals surface area contributed by atoms with Gasteiger partial charge in [0.15, 0.2) is 0 Å². The van der Waals surface area contributed by atoms with Crippen molar-refractivity contribution >= 4 is 47.2 Å². The lowest BCUT2D eigenvalue weighted by Crippen LogP contribution is -2.48. The molecule has 0 bridgehead atoms. The summed E-state index contributed by atoms with van der Waals surface area (Å²) in [5.74, 6) is -9.04. The monoisotopic (exact) mass is 599 g/mol. The normalized spacial score (nSPS) is 20.7. The first kappa shape index (κ1) is 28.2. The first-order chi connectivity index (χ1) is 16.9. The Morgan fingerprint density at radius 2 is 1.54 bits per heavy atom. The van der Waals surface area contributed by atoms with Gasteiger partial charge in [-0.25, -0.2) is 12.7 Å². The molecule has 2 aromatic carbocycles. The Hall–Kier alpha value is -1.82. The van der Waals surface area contributed by atoms with E-state index in [4.69, 9.17) is 27.6 Å². The van der Waals surface area contributed by atoms with Crippen LogP contribution in [0.1, 0.15) is 29.9 Å². The third kappa shape index (κ3) is 4.88. The quantitative estimate of drug-likeness (QED) is 0.257. The summed E-state index contributed by atoms with van der Waals surface area (Å²) in [4.78, 5) is -0.166. The molecule has 202 valence electrons. The first-order valence-electron chi connectivity index (χ1n) is 11.3. The number of allylic oxidation sites excluding steroid dienone is 2. The highest BCUT2D eigenvalue weighted by Gasteiger charge is 2.65. The molecule has 37 heavy (non-hydrogen) atoms. The van der Waals surface area contributed by atoms with E-state index in [9.17, 15) is 30.4 Å². The SMILES string of the molecule is Cc1ccc(S(=O)(=O)N2C3=C(O[Si](C)(C)C)C(C(F)(F)C(F)(F)F)CCC3c3cc(Cl)c(Cl)cc32)cc1. The maximum Gasteiger partial charge on any atom is 0.454 e. The van der Waals surface area contributed by atoms with Crippen LogP contribution < -0.4 is 4.31 Å². The molecule has 1 heterocycles. The summed E-state index contributed by atoms with van der Waals surface area (Å²) in [7, 11) is -7.30. The van der Waals surface area contributed by atoms with Gasteiger partial charge in [-0.2, -0.15) is 22.0 Å². The van der Waals surface area contributed by atoms with Crippen LogP contribution in [0.25, 0.3) is 0 Å². The minimum Gasteiger partial charge on any atom is -0.546 e. The Labute approximate surface area is 223 Å². The highest BCUT2D eigenvalue weighted by Crippen LogP contribution is 2.59. The highest BCUT2D eigenvalue weighted by molar-refractivity contribution is 7.93. The molecule has 2 aromatic rings. The van der Waals surface area contributed by atoms with Crippen molar-refractivity contribution in [1.82, 2.24) is 0 Å². The van der Waals surface area contributed by atoms with Crippen LogP contribution in [-0.4, -0.2) is 28.8 Å². The largest absolute Gasteiger partial charge is 0.546 e. The number of nitrogens with zero attached hydrogens (tertiary/aromatic N) is 1. The molecule has 13 heteroatoms. The first-order valence-corrected chi connectivity index (χ1v) is 16.9. The number of aryl methyl sites for hydroxylation is 1. The molecule has 1 aliphatic heterocycles. The van der Waals surface area contributed by atoms with Crippen molar-refractivity contribution in [3.63, 3.8) is 0 Å². The van der Waals surface area contributed by atoms with E-state index in [1.54, 1.807) is 38.7 Å². The summed E-state index contributed by atoms with van der Waals surface area (Å²) in [6, 6.07) is 8.54. The molecule has 2 aliphatic rings. The zero-order chi connectivity index (χ0) is 27.7. The fourth-order valence-corrected chi connectivity index (χ4v) is 7.52. The Balaban J connectivity index is 2.07. The van der Waals surface area contributed by atoms with Gasteiger partial charge in [-0.1, -0.05) is 40.9 Å². The summed E-state index contributed by atoms with van der Waals surface area (Å²) in [5, 5.41) is 0.110. The summed E-state index contributed by atoms with van der Waals surface area (Å²) >= 11 is 12.4. The standard InChI is InChI=1S/C24H24Cl2F5NO3SSi/c1-13-5-7-14(8-6-13)36(33,34)32-20-12-19(26)18(25)11-16(20)15-9-10-17(23(27,28)24(29,30)31)22(21(15)32)35-37(2,3)4/h5-8,11-12,15,17H,9-10H2,1-4H3. The lowest BCUT2D eigenvalue weighted by molar-refractivity contribution is -0.301. The third-order valence-corrected chi connectivity index (χ3v) is 9.61. The molecule has 0 spiro atoms. The fourth-order valence-electron chi connectivity index (χ4n) is 4.70. The molecule has 0 fully saturated rings.